The van der Waals surface area contributed by atoms with E-state index in [1.807, 2.05) is 0 Å². The molecule has 0 unspecified atom stereocenters. The van der Waals surface area contributed by atoms with Gasteiger partial charge in [0.1, 0.15) is 10.7 Å². The second kappa shape index (κ2) is 4.56. The molecule has 1 saturated heterocycles. The van der Waals surface area contributed by atoms with E-state index >= 15 is 0 Å². The average Bonchev–Trinajstić information content (AvgIpc) is 2.32. The van der Waals surface area contributed by atoms with Gasteiger partial charge in [0.05, 0.1) is 6.54 Å². The molecule has 0 aliphatic carbocycles. The summed E-state index contributed by atoms with van der Waals surface area (Å²) in [7, 11) is -1.61. The molecular weight excluding hydrogens is 254 g/mol. The van der Waals surface area contributed by atoms with Crippen molar-refractivity contribution < 1.29 is 13.2 Å². The molecule has 1 aliphatic rings. The maximum atomic E-state index is 11.7. The molecule has 2 rings (SSSR count). The van der Waals surface area contributed by atoms with Gasteiger partial charge in [-0.25, -0.2) is 13.4 Å². The Morgan fingerprint density at radius 1 is 1.33 bits per heavy atom. The van der Waals surface area contributed by atoms with Crippen molar-refractivity contribution in [3.63, 3.8) is 0 Å². The molecule has 0 aromatic carbocycles. The SMILES string of the molecule is CN1CCN(c2ncccc2S(C)(=O)=O)CC1=O. The zero-order chi connectivity index (χ0) is 13.3. The third-order valence-electron chi connectivity index (χ3n) is 2.91. The third kappa shape index (κ3) is 2.45. The first-order valence-electron chi connectivity index (χ1n) is 5.53. The molecule has 7 heteroatoms. The molecule has 1 aromatic rings. The second-order valence-electron chi connectivity index (χ2n) is 4.33. The van der Waals surface area contributed by atoms with Gasteiger partial charge >= 0.3 is 0 Å². The minimum absolute atomic E-state index is 0.0358. The fraction of sp³-hybridized carbons (Fsp3) is 0.455. The largest absolute Gasteiger partial charge is 0.344 e. The number of likely N-dealkylation sites (N-methyl/N-ethyl adjacent to an activating group) is 1. The summed E-state index contributed by atoms with van der Waals surface area (Å²) in [5.41, 5.74) is 0. The van der Waals surface area contributed by atoms with Crippen molar-refractivity contribution in [3.8, 4) is 0 Å². The van der Waals surface area contributed by atoms with E-state index in [0.29, 0.717) is 18.9 Å². The quantitative estimate of drug-likeness (QED) is 0.741. The summed E-state index contributed by atoms with van der Waals surface area (Å²) in [6.07, 6.45) is 2.68. The number of amides is 1. The van der Waals surface area contributed by atoms with Crippen LogP contribution in [0, 0.1) is 0 Å². The number of carbonyl (C=O) groups is 1. The van der Waals surface area contributed by atoms with Crippen LogP contribution in [0.1, 0.15) is 0 Å². The van der Waals surface area contributed by atoms with Gasteiger partial charge in [0.15, 0.2) is 9.84 Å². The van der Waals surface area contributed by atoms with Gasteiger partial charge in [0.25, 0.3) is 0 Å². The van der Waals surface area contributed by atoms with Crippen molar-refractivity contribution >= 4 is 21.6 Å². The van der Waals surface area contributed by atoms with Crippen LogP contribution in [-0.4, -0.2) is 57.1 Å². The van der Waals surface area contributed by atoms with Gasteiger partial charge in [-0.15, -0.1) is 0 Å². The number of carbonyl (C=O) groups excluding carboxylic acids is 1. The highest BCUT2D eigenvalue weighted by atomic mass is 32.2. The van der Waals surface area contributed by atoms with E-state index in [-0.39, 0.29) is 17.3 Å². The van der Waals surface area contributed by atoms with Crippen LogP contribution in [0.5, 0.6) is 0 Å². The van der Waals surface area contributed by atoms with Gasteiger partial charge < -0.3 is 9.80 Å². The van der Waals surface area contributed by atoms with E-state index in [0.717, 1.165) is 6.26 Å². The molecule has 0 N–H and O–H groups in total. The Kier molecular flexibility index (Phi) is 3.25. The molecule has 98 valence electrons. The number of piperazine rings is 1. The van der Waals surface area contributed by atoms with Gasteiger partial charge in [-0.2, -0.15) is 0 Å². The van der Waals surface area contributed by atoms with Gasteiger partial charge in [0.2, 0.25) is 5.91 Å². The molecule has 0 atom stereocenters. The molecule has 18 heavy (non-hydrogen) atoms. The summed E-state index contributed by atoms with van der Waals surface area (Å²) in [6.45, 7) is 1.32. The van der Waals surface area contributed by atoms with Crippen LogP contribution in [0.15, 0.2) is 23.2 Å². The molecular formula is C11H15N3O3S. The van der Waals surface area contributed by atoms with E-state index in [9.17, 15) is 13.2 Å². The number of anilines is 1. The number of rotatable bonds is 2. The zero-order valence-electron chi connectivity index (χ0n) is 10.3. The van der Waals surface area contributed by atoms with Crippen LogP contribution in [0.2, 0.25) is 0 Å². The molecule has 1 amide bonds. The average molecular weight is 269 g/mol. The fourth-order valence-corrected chi connectivity index (χ4v) is 2.69. The first-order chi connectivity index (χ1) is 8.39. The highest BCUT2D eigenvalue weighted by molar-refractivity contribution is 7.90. The second-order valence-corrected chi connectivity index (χ2v) is 6.32. The lowest BCUT2D eigenvalue weighted by atomic mass is 10.3. The maximum Gasteiger partial charge on any atom is 0.241 e. The van der Waals surface area contributed by atoms with Crippen molar-refractivity contribution in [2.24, 2.45) is 0 Å². The van der Waals surface area contributed by atoms with Crippen molar-refractivity contribution in [2.75, 3.05) is 37.8 Å². The number of hydrogen-bond donors (Lipinski definition) is 0. The Morgan fingerprint density at radius 2 is 2.06 bits per heavy atom. The first-order valence-corrected chi connectivity index (χ1v) is 7.43. The maximum absolute atomic E-state index is 11.7. The number of sulfone groups is 1. The molecule has 2 heterocycles. The number of pyridine rings is 1. The Labute approximate surface area is 106 Å². The Balaban J connectivity index is 2.38. The highest BCUT2D eigenvalue weighted by Crippen LogP contribution is 2.23. The van der Waals surface area contributed by atoms with Crippen LogP contribution in [-0.2, 0) is 14.6 Å². The lowest BCUT2D eigenvalue weighted by Gasteiger charge is -2.33. The molecule has 1 aromatic heterocycles. The molecule has 1 fully saturated rings. The lowest BCUT2D eigenvalue weighted by molar-refractivity contribution is -0.129. The summed E-state index contributed by atoms with van der Waals surface area (Å²) in [5, 5.41) is 0. The Hall–Kier alpha value is -1.63. The van der Waals surface area contributed by atoms with Crippen molar-refractivity contribution in [2.45, 2.75) is 4.90 Å². The van der Waals surface area contributed by atoms with Crippen LogP contribution in [0.3, 0.4) is 0 Å². The first kappa shape index (κ1) is 12.8. The number of nitrogens with zero attached hydrogens (tertiary/aromatic N) is 3. The molecule has 0 spiro atoms. The summed E-state index contributed by atoms with van der Waals surface area (Å²) >= 11 is 0. The van der Waals surface area contributed by atoms with E-state index in [2.05, 4.69) is 4.98 Å². The smallest absolute Gasteiger partial charge is 0.241 e. The number of aromatic nitrogens is 1. The van der Waals surface area contributed by atoms with Crippen LogP contribution >= 0.6 is 0 Å². The minimum Gasteiger partial charge on any atom is -0.344 e. The highest BCUT2D eigenvalue weighted by Gasteiger charge is 2.26. The normalized spacial score (nSPS) is 17.1. The Morgan fingerprint density at radius 3 is 2.67 bits per heavy atom. The third-order valence-corrected chi connectivity index (χ3v) is 4.02. The lowest BCUT2D eigenvalue weighted by Crippen LogP contribution is -2.49. The predicted molar refractivity (Wildman–Crippen MR) is 67.2 cm³/mol. The molecule has 0 saturated carbocycles. The molecule has 0 bridgehead atoms. The van der Waals surface area contributed by atoms with Gasteiger partial charge in [-0.3, -0.25) is 4.79 Å². The predicted octanol–water partition coefficient (Wildman–Crippen LogP) is -0.236. The van der Waals surface area contributed by atoms with E-state index in [1.165, 1.54) is 12.3 Å². The summed E-state index contributed by atoms with van der Waals surface area (Å²) in [4.78, 5) is 19.3. The van der Waals surface area contributed by atoms with Gasteiger partial charge in [0, 0.05) is 32.6 Å². The minimum atomic E-state index is -3.34. The van der Waals surface area contributed by atoms with Crippen molar-refractivity contribution in [1.82, 2.24) is 9.88 Å². The monoisotopic (exact) mass is 269 g/mol. The number of hydrogen-bond acceptors (Lipinski definition) is 5. The van der Waals surface area contributed by atoms with Crippen LogP contribution in [0.4, 0.5) is 5.82 Å². The van der Waals surface area contributed by atoms with Crippen LogP contribution in [0.25, 0.3) is 0 Å². The fourth-order valence-electron chi connectivity index (χ4n) is 1.85. The van der Waals surface area contributed by atoms with E-state index < -0.39 is 9.84 Å². The van der Waals surface area contributed by atoms with Crippen LogP contribution < -0.4 is 4.90 Å². The van der Waals surface area contributed by atoms with E-state index in [1.54, 1.807) is 22.9 Å². The summed E-state index contributed by atoms with van der Waals surface area (Å²) in [6, 6.07) is 3.10. The van der Waals surface area contributed by atoms with Crippen molar-refractivity contribution in [3.05, 3.63) is 18.3 Å². The zero-order valence-corrected chi connectivity index (χ0v) is 11.1. The molecule has 0 radical (unpaired) electrons. The topological polar surface area (TPSA) is 70.6 Å². The van der Waals surface area contributed by atoms with Crippen molar-refractivity contribution in [1.29, 1.82) is 0 Å². The van der Waals surface area contributed by atoms with Gasteiger partial charge in [-0.1, -0.05) is 0 Å². The summed E-state index contributed by atoms with van der Waals surface area (Å²) < 4.78 is 23.4. The summed E-state index contributed by atoms with van der Waals surface area (Å²) in [5.74, 6) is 0.327. The standard InChI is InChI=1S/C11H15N3O3S/c1-13-6-7-14(8-10(13)15)11-9(18(2,16)17)4-3-5-12-11/h3-5H,6-8H2,1-2H3. The Bertz CT molecular complexity index is 571. The van der Waals surface area contributed by atoms with Gasteiger partial charge in [-0.05, 0) is 12.1 Å². The molecule has 6 nitrogen and oxygen atoms in total. The molecule has 1 aliphatic heterocycles. The van der Waals surface area contributed by atoms with E-state index in [4.69, 9.17) is 0 Å².